The molecule has 0 spiro atoms. The SMILES string of the molecule is COCOC(CO)CC1OB(O)c2cc(OC3CCCCO3)cc(C)c21.[HH]. The molecule has 1 fully saturated rings. The molecule has 26 heavy (non-hydrogen) atoms. The van der Waals surface area contributed by atoms with Crippen LogP contribution in [0.1, 0.15) is 44.3 Å². The predicted octanol–water partition coefficient (Wildman–Crippen LogP) is 1.28. The third-order valence-corrected chi connectivity index (χ3v) is 4.78. The van der Waals surface area contributed by atoms with Gasteiger partial charge < -0.3 is 33.7 Å². The summed E-state index contributed by atoms with van der Waals surface area (Å²) in [6.07, 6.45) is 2.43. The molecule has 0 radical (unpaired) electrons. The summed E-state index contributed by atoms with van der Waals surface area (Å²) in [7, 11) is 0.507. The Morgan fingerprint density at radius 3 is 2.92 bits per heavy atom. The summed E-state index contributed by atoms with van der Waals surface area (Å²) in [5.41, 5.74) is 2.59. The second-order valence-corrected chi connectivity index (χ2v) is 6.75. The molecule has 146 valence electrons. The van der Waals surface area contributed by atoms with Crippen molar-refractivity contribution in [3.05, 3.63) is 23.3 Å². The maximum absolute atomic E-state index is 10.3. The number of aliphatic hydroxyl groups excluding tert-OH is 1. The molecule has 0 saturated carbocycles. The van der Waals surface area contributed by atoms with Crippen LogP contribution >= 0.6 is 0 Å². The summed E-state index contributed by atoms with van der Waals surface area (Å²) in [6.45, 7) is 2.63. The molecule has 3 unspecified atom stereocenters. The number of aliphatic hydroxyl groups is 1. The van der Waals surface area contributed by atoms with Crippen LogP contribution in [0.25, 0.3) is 0 Å². The van der Waals surface area contributed by atoms with Crippen LogP contribution in [0.2, 0.25) is 0 Å². The lowest BCUT2D eigenvalue weighted by Crippen LogP contribution is -2.30. The van der Waals surface area contributed by atoms with Crippen LogP contribution in [0.4, 0.5) is 0 Å². The molecular weight excluding hydrogens is 339 g/mol. The topological polar surface area (TPSA) is 86.6 Å². The van der Waals surface area contributed by atoms with Crippen LogP contribution in [0, 0.1) is 6.92 Å². The minimum Gasteiger partial charge on any atom is -0.465 e. The van der Waals surface area contributed by atoms with E-state index in [1.165, 1.54) is 7.11 Å². The highest BCUT2D eigenvalue weighted by atomic mass is 16.7. The maximum Gasteiger partial charge on any atom is 0.492 e. The van der Waals surface area contributed by atoms with E-state index < -0.39 is 13.2 Å². The van der Waals surface area contributed by atoms with Gasteiger partial charge in [-0.15, -0.1) is 0 Å². The summed E-state index contributed by atoms with van der Waals surface area (Å²) in [6, 6.07) is 3.75. The molecule has 0 aromatic heterocycles. The Bertz CT molecular complexity index is 597. The maximum atomic E-state index is 10.3. The van der Waals surface area contributed by atoms with Gasteiger partial charge in [-0.1, -0.05) is 0 Å². The van der Waals surface area contributed by atoms with E-state index in [2.05, 4.69) is 0 Å². The Morgan fingerprint density at radius 1 is 1.38 bits per heavy atom. The molecular formula is C18H29BO7. The van der Waals surface area contributed by atoms with Gasteiger partial charge in [-0.05, 0) is 48.5 Å². The number of fused-ring (bicyclic) bond motifs is 1. The van der Waals surface area contributed by atoms with Gasteiger partial charge in [-0.3, -0.25) is 0 Å². The van der Waals surface area contributed by atoms with Gasteiger partial charge in [0.1, 0.15) is 12.5 Å². The Hall–Kier alpha value is -1.16. The van der Waals surface area contributed by atoms with Crippen molar-refractivity contribution in [2.45, 2.75) is 51.1 Å². The number of ether oxygens (including phenoxy) is 4. The molecule has 8 heteroatoms. The molecule has 1 aromatic carbocycles. The lowest BCUT2D eigenvalue weighted by molar-refractivity contribution is -0.105. The highest BCUT2D eigenvalue weighted by Gasteiger charge is 2.38. The van der Waals surface area contributed by atoms with Gasteiger partial charge in [0.25, 0.3) is 0 Å². The number of rotatable bonds is 8. The Kier molecular flexibility index (Phi) is 6.91. The quantitative estimate of drug-likeness (QED) is 0.528. The molecule has 0 aliphatic carbocycles. The van der Waals surface area contributed by atoms with Crippen molar-refractivity contribution < 1.29 is 35.2 Å². The van der Waals surface area contributed by atoms with E-state index in [0.29, 0.717) is 24.2 Å². The van der Waals surface area contributed by atoms with E-state index >= 15 is 0 Å². The smallest absolute Gasteiger partial charge is 0.465 e. The van der Waals surface area contributed by atoms with Gasteiger partial charge in [0.05, 0.1) is 25.4 Å². The van der Waals surface area contributed by atoms with E-state index in [1.54, 1.807) is 0 Å². The Morgan fingerprint density at radius 2 is 2.23 bits per heavy atom. The van der Waals surface area contributed by atoms with Crippen molar-refractivity contribution in [1.29, 1.82) is 0 Å². The van der Waals surface area contributed by atoms with E-state index in [9.17, 15) is 10.1 Å². The van der Waals surface area contributed by atoms with Crippen LogP contribution < -0.4 is 10.2 Å². The summed E-state index contributed by atoms with van der Waals surface area (Å²) in [5.74, 6) is 0.672. The summed E-state index contributed by atoms with van der Waals surface area (Å²) < 4.78 is 27.6. The first kappa shape index (κ1) is 19.6. The number of benzene rings is 1. The van der Waals surface area contributed by atoms with E-state index in [-0.39, 0.29) is 27.2 Å². The average Bonchev–Trinajstić information content (AvgIpc) is 2.95. The fourth-order valence-electron chi connectivity index (χ4n) is 3.53. The van der Waals surface area contributed by atoms with Crippen LogP contribution in [-0.2, 0) is 18.9 Å². The normalized spacial score (nSPS) is 23.8. The fraction of sp³-hybridized carbons (Fsp3) is 0.667. The zero-order valence-electron chi connectivity index (χ0n) is 15.3. The van der Waals surface area contributed by atoms with Crippen molar-refractivity contribution in [2.24, 2.45) is 0 Å². The lowest BCUT2D eigenvalue weighted by Gasteiger charge is -2.24. The minimum absolute atomic E-state index is 0. The monoisotopic (exact) mass is 368 g/mol. The van der Waals surface area contributed by atoms with Crippen molar-refractivity contribution in [3.8, 4) is 5.75 Å². The van der Waals surface area contributed by atoms with Gasteiger partial charge in [0.15, 0.2) is 6.29 Å². The molecule has 0 amide bonds. The van der Waals surface area contributed by atoms with Crippen molar-refractivity contribution in [1.82, 2.24) is 0 Å². The number of methoxy groups -OCH3 is 1. The molecule has 3 atom stereocenters. The first-order valence-electron chi connectivity index (χ1n) is 9.10. The Labute approximate surface area is 155 Å². The van der Waals surface area contributed by atoms with Gasteiger partial charge in [0, 0.05) is 21.4 Å². The Balaban J connectivity index is 0.00000261. The second-order valence-electron chi connectivity index (χ2n) is 6.75. The molecule has 2 aliphatic heterocycles. The van der Waals surface area contributed by atoms with E-state index in [0.717, 1.165) is 30.4 Å². The number of hydrogen-bond donors (Lipinski definition) is 2. The van der Waals surface area contributed by atoms with Crippen LogP contribution in [0.3, 0.4) is 0 Å². The number of hydrogen-bond acceptors (Lipinski definition) is 7. The third-order valence-electron chi connectivity index (χ3n) is 4.78. The van der Waals surface area contributed by atoms with E-state index in [4.69, 9.17) is 23.6 Å². The van der Waals surface area contributed by atoms with Gasteiger partial charge in [-0.25, -0.2) is 0 Å². The molecule has 1 aromatic rings. The van der Waals surface area contributed by atoms with Crippen molar-refractivity contribution in [2.75, 3.05) is 27.1 Å². The molecule has 7 nitrogen and oxygen atoms in total. The van der Waals surface area contributed by atoms with Crippen LogP contribution in [0.15, 0.2) is 12.1 Å². The van der Waals surface area contributed by atoms with E-state index in [1.807, 2.05) is 19.1 Å². The highest BCUT2D eigenvalue weighted by Crippen LogP contribution is 2.33. The van der Waals surface area contributed by atoms with Crippen molar-refractivity contribution in [3.63, 3.8) is 0 Å². The third kappa shape index (κ3) is 4.57. The summed E-state index contributed by atoms with van der Waals surface area (Å²) in [5, 5.41) is 19.8. The minimum atomic E-state index is -1.02. The lowest BCUT2D eigenvalue weighted by atomic mass is 9.77. The van der Waals surface area contributed by atoms with Gasteiger partial charge in [0.2, 0.25) is 0 Å². The van der Waals surface area contributed by atoms with Gasteiger partial charge in [-0.2, -0.15) is 0 Å². The predicted molar refractivity (Wildman–Crippen MR) is 97.4 cm³/mol. The van der Waals surface area contributed by atoms with Crippen LogP contribution in [-0.4, -0.2) is 56.8 Å². The van der Waals surface area contributed by atoms with Crippen LogP contribution in [0.5, 0.6) is 5.75 Å². The second kappa shape index (κ2) is 9.17. The summed E-state index contributed by atoms with van der Waals surface area (Å²) in [4.78, 5) is 0. The standard InChI is InChI=1S/C18H27BO7.H2/c1-12-7-13(25-17-5-3-4-6-23-17)8-15-18(12)16(26-19(15)21)9-14(10-20)24-11-22-2;/h7-8,14,16-17,20-21H,3-6,9-11H2,1-2H3;1H. The van der Waals surface area contributed by atoms with Gasteiger partial charge >= 0.3 is 7.12 Å². The molecule has 2 aliphatic rings. The molecule has 0 bridgehead atoms. The molecule has 2 N–H and O–H groups in total. The van der Waals surface area contributed by atoms with Crippen molar-refractivity contribution >= 4 is 12.6 Å². The largest absolute Gasteiger partial charge is 0.492 e. The summed E-state index contributed by atoms with van der Waals surface area (Å²) >= 11 is 0. The highest BCUT2D eigenvalue weighted by molar-refractivity contribution is 6.61. The zero-order valence-corrected chi connectivity index (χ0v) is 15.3. The molecule has 3 rings (SSSR count). The number of aryl methyl sites for hydroxylation is 1. The first-order valence-corrected chi connectivity index (χ1v) is 9.10. The zero-order chi connectivity index (χ0) is 18.5. The average molecular weight is 368 g/mol. The molecule has 1 saturated heterocycles. The fourth-order valence-corrected chi connectivity index (χ4v) is 3.53. The molecule has 2 heterocycles. The first-order chi connectivity index (χ1) is 12.6.